The van der Waals surface area contributed by atoms with Crippen LogP contribution < -0.4 is 15.3 Å². The predicted molar refractivity (Wildman–Crippen MR) is 182 cm³/mol. The number of piperidine rings is 1. The highest BCUT2D eigenvalue weighted by Gasteiger charge is 2.62. The number of para-hydroxylation sites is 1. The van der Waals surface area contributed by atoms with Gasteiger partial charge >= 0.3 is 31.8 Å². The molecule has 4 heterocycles. The molecular weight excluding hydrogens is 740 g/mol. The van der Waals surface area contributed by atoms with Crippen LogP contribution in [0.1, 0.15) is 45.4 Å². The first-order valence-corrected chi connectivity index (χ1v) is 18.4. The number of nitrogens with one attached hydrogen (secondary N) is 1. The van der Waals surface area contributed by atoms with Crippen LogP contribution in [0.25, 0.3) is 5.52 Å². The van der Waals surface area contributed by atoms with Crippen LogP contribution in [0.15, 0.2) is 54.7 Å². The first kappa shape index (κ1) is 40.5. The number of hydrogen-bond acceptors (Lipinski definition) is 14. The summed E-state index contributed by atoms with van der Waals surface area (Å²) >= 11 is 0. The van der Waals surface area contributed by atoms with E-state index in [9.17, 15) is 37.4 Å². The standard InChI is InChI=1S/C34H40F3N6O10P/c1-21(32(46)48-17-24-12-15-42(16-13-24)19-34(35,36)37)41-54(47,53-25-7-5-4-6-8-25)49-20-33(18-38)31(51-23(3)45)30(50-22(2)44)29(52-33)28-10-9-27-26(39)11-14-40-43(27)28/h4-11,14,21,24,29-31H,12-13,15-17,19-20,39H2,1-3H3,(H,41,47)/t21-,29-,30-,31-,33+,54-/m0/s1. The molecule has 0 spiro atoms. The Morgan fingerprint density at radius 3 is 2.43 bits per heavy atom. The summed E-state index contributed by atoms with van der Waals surface area (Å²) in [6.07, 6.45) is -6.52. The Kier molecular flexibility index (Phi) is 12.5. The van der Waals surface area contributed by atoms with Gasteiger partial charge in [-0.3, -0.25) is 23.8 Å². The van der Waals surface area contributed by atoms with Crippen LogP contribution in [0, 0.1) is 17.2 Å². The summed E-state index contributed by atoms with van der Waals surface area (Å²) in [6.45, 7) is 1.87. The zero-order valence-corrected chi connectivity index (χ0v) is 30.5. The summed E-state index contributed by atoms with van der Waals surface area (Å²) in [6, 6.07) is 13.1. The van der Waals surface area contributed by atoms with E-state index >= 15 is 0 Å². The third-order valence-corrected chi connectivity index (χ3v) is 10.4. The van der Waals surface area contributed by atoms with Crippen molar-refractivity contribution in [2.75, 3.05) is 38.6 Å². The maximum Gasteiger partial charge on any atom is 0.459 e. The van der Waals surface area contributed by atoms with Gasteiger partial charge in [-0.25, -0.2) is 9.08 Å². The lowest BCUT2D eigenvalue weighted by Gasteiger charge is -2.32. The van der Waals surface area contributed by atoms with Crippen molar-refractivity contribution in [3.8, 4) is 11.8 Å². The van der Waals surface area contributed by atoms with Crippen molar-refractivity contribution in [1.29, 1.82) is 5.26 Å². The average Bonchev–Trinajstić information content (AvgIpc) is 3.66. The van der Waals surface area contributed by atoms with Crippen molar-refractivity contribution in [2.45, 2.75) is 69.7 Å². The number of anilines is 1. The topological polar surface area (TPSA) is 206 Å². The molecule has 2 aromatic heterocycles. The summed E-state index contributed by atoms with van der Waals surface area (Å²) in [5.41, 5.74) is 4.90. The van der Waals surface area contributed by atoms with E-state index < -0.39 is 74.9 Å². The minimum absolute atomic E-state index is 0.0494. The molecule has 1 aromatic carbocycles. The molecule has 2 aliphatic rings. The van der Waals surface area contributed by atoms with Crippen molar-refractivity contribution in [3.05, 3.63) is 60.4 Å². The van der Waals surface area contributed by atoms with Crippen LogP contribution in [-0.2, 0) is 42.4 Å². The molecule has 0 unspecified atom stereocenters. The number of alkyl halides is 3. The molecule has 54 heavy (non-hydrogen) atoms. The number of ether oxygens (including phenoxy) is 4. The highest BCUT2D eigenvalue weighted by molar-refractivity contribution is 7.52. The smallest absolute Gasteiger partial charge is 0.459 e. The monoisotopic (exact) mass is 780 g/mol. The fraction of sp³-hybridized carbons (Fsp3) is 0.500. The van der Waals surface area contributed by atoms with Crippen LogP contribution in [0.2, 0.25) is 0 Å². The molecular formula is C34H40F3N6O10P. The molecule has 0 bridgehead atoms. The number of halogens is 3. The molecule has 16 nitrogen and oxygen atoms in total. The summed E-state index contributed by atoms with van der Waals surface area (Å²) in [5.74, 6) is -2.67. The Hall–Kier alpha value is -4.73. The van der Waals surface area contributed by atoms with Crippen molar-refractivity contribution in [1.82, 2.24) is 19.6 Å². The quantitative estimate of drug-likeness (QED) is 0.134. The molecule has 3 aromatic rings. The minimum Gasteiger partial charge on any atom is -0.464 e. The van der Waals surface area contributed by atoms with Gasteiger partial charge in [-0.15, -0.1) is 0 Å². The number of nitrogens with zero attached hydrogens (tertiary/aromatic N) is 4. The van der Waals surface area contributed by atoms with Gasteiger partial charge in [-0.05, 0) is 69.1 Å². The van der Waals surface area contributed by atoms with E-state index in [2.05, 4.69) is 10.2 Å². The number of hydrogen-bond donors (Lipinski definition) is 2. The minimum atomic E-state index is -4.65. The molecule has 292 valence electrons. The molecule has 6 atom stereocenters. The second kappa shape index (κ2) is 16.7. The zero-order valence-electron chi connectivity index (χ0n) is 29.6. The molecule has 20 heteroatoms. The second-order valence-electron chi connectivity index (χ2n) is 13.0. The number of fused-ring (bicyclic) bond motifs is 1. The lowest BCUT2D eigenvalue weighted by atomic mass is 9.95. The lowest BCUT2D eigenvalue weighted by molar-refractivity contribution is -0.166. The third-order valence-electron chi connectivity index (χ3n) is 8.78. The highest BCUT2D eigenvalue weighted by atomic mass is 31.2. The Balaban J connectivity index is 1.37. The van der Waals surface area contributed by atoms with Gasteiger partial charge in [0, 0.05) is 20.0 Å². The van der Waals surface area contributed by atoms with E-state index in [1.165, 1.54) is 34.7 Å². The zero-order chi connectivity index (χ0) is 39.3. The highest BCUT2D eigenvalue weighted by Crippen LogP contribution is 2.50. The van der Waals surface area contributed by atoms with Crippen molar-refractivity contribution < 1.29 is 60.1 Å². The van der Waals surface area contributed by atoms with Crippen molar-refractivity contribution >= 4 is 36.9 Å². The molecule has 3 N–H and O–H groups in total. The van der Waals surface area contributed by atoms with Gasteiger partial charge in [0.25, 0.3) is 0 Å². The summed E-state index contributed by atoms with van der Waals surface area (Å²) < 4.78 is 88.5. The number of carbonyl (C=O) groups excluding carboxylic acids is 3. The molecule has 0 aliphatic carbocycles. The van der Waals surface area contributed by atoms with Crippen molar-refractivity contribution in [2.24, 2.45) is 5.92 Å². The van der Waals surface area contributed by atoms with Gasteiger partial charge in [0.05, 0.1) is 30.0 Å². The van der Waals surface area contributed by atoms with Gasteiger partial charge in [0.2, 0.25) is 5.60 Å². The summed E-state index contributed by atoms with van der Waals surface area (Å²) in [5, 5.41) is 17.4. The number of benzene rings is 1. The number of nitrogens with two attached hydrogens (primary N) is 1. The average molecular weight is 781 g/mol. The van der Waals surface area contributed by atoms with Gasteiger partial charge in [0.15, 0.2) is 12.2 Å². The van der Waals surface area contributed by atoms with Crippen molar-refractivity contribution in [3.63, 3.8) is 0 Å². The Morgan fingerprint density at radius 2 is 1.80 bits per heavy atom. The van der Waals surface area contributed by atoms with Crippen LogP contribution in [-0.4, -0.2) is 95.3 Å². The van der Waals surface area contributed by atoms with E-state index in [1.54, 1.807) is 36.4 Å². The van der Waals surface area contributed by atoms with E-state index in [0.717, 1.165) is 13.8 Å². The number of carbonyl (C=O) groups is 3. The van der Waals surface area contributed by atoms with E-state index in [0.29, 0.717) is 24.0 Å². The summed E-state index contributed by atoms with van der Waals surface area (Å²) in [7, 11) is -4.65. The predicted octanol–water partition coefficient (Wildman–Crippen LogP) is 4.11. The normalized spacial score (nSPS) is 23.9. The van der Waals surface area contributed by atoms with Gasteiger partial charge in [-0.1, -0.05) is 18.2 Å². The van der Waals surface area contributed by atoms with E-state index in [4.69, 9.17) is 33.7 Å². The second-order valence-corrected chi connectivity index (χ2v) is 14.7. The Bertz CT molecular complexity index is 1900. The maximum absolute atomic E-state index is 14.4. The van der Waals surface area contributed by atoms with Crippen LogP contribution in [0.5, 0.6) is 5.75 Å². The van der Waals surface area contributed by atoms with Crippen LogP contribution >= 0.6 is 7.75 Å². The number of nitriles is 1. The fourth-order valence-electron chi connectivity index (χ4n) is 6.25. The van der Waals surface area contributed by atoms with E-state index in [1.807, 2.05) is 6.07 Å². The number of likely N-dealkylation sites (tertiary alicyclic amines) is 1. The molecule has 0 amide bonds. The first-order valence-electron chi connectivity index (χ1n) is 16.9. The fourth-order valence-corrected chi connectivity index (χ4v) is 7.77. The molecule has 0 saturated carbocycles. The Labute approximate surface area is 308 Å². The van der Waals surface area contributed by atoms with Gasteiger partial charge < -0.3 is 29.2 Å². The molecule has 5 rings (SSSR count). The number of nitrogen functional groups attached to an aromatic ring is 1. The number of aromatic nitrogens is 2. The maximum atomic E-state index is 14.4. The van der Waals surface area contributed by atoms with Crippen LogP contribution in [0.4, 0.5) is 18.9 Å². The summed E-state index contributed by atoms with van der Waals surface area (Å²) in [4.78, 5) is 39.1. The lowest BCUT2D eigenvalue weighted by Crippen LogP contribution is -2.49. The largest absolute Gasteiger partial charge is 0.464 e. The number of esters is 3. The third kappa shape index (κ3) is 9.87. The van der Waals surface area contributed by atoms with Gasteiger partial charge in [0.1, 0.15) is 30.6 Å². The van der Waals surface area contributed by atoms with E-state index in [-0.39, 0.29) is 37.1 Å². The Morgan fingerprint density at radius 1 is 1.11 bits per heavy atom. The first-order chi connectivity index (χ1) is 25.5. The molecule has 2 saturated heterocycles. The SMILES string of the molecule is CC(=O)O[C@H]1[C@H](c2ccc3c(N)ccnn23)O[C@](C#N)(CO[P@@](=O)(N[C@@H](C)C(=O)OCC2CCN(CC(F)(F)F)CC2)Oc2ccccc2)[C@H]1OC(C)=O. The van der Waals surface area contributed by atoms with Gasteiger partial charge in [-0.2, -0.15) is 28.6 Å². The molecule has 2 aliphatic heterocycles. The number of rotatable bonds is 14. The molecule has 0 radical (unpaired) electrons. The van der Waals surface area contributed by atoms with Crippen LogP contribution in [0.3, 0.4) is 0 Å². The molecule has 2 fully saturated rings.